The van der Waals surface area contributed by atoms with E-state index in [1.165, 1.54) is 18.4 Å². The minimum atomic E-state index is -0.364. The lowest BCUT2D eigenvalue weighted by Gasteiger charge is -2.31. The van der Waals surface area contributed by atoms with E-state index in [9.17, 15) is 9.59 Å². The van der Waals surface area contributed by atoms with Crippen LogP contribution in [0.25, 0.3) is 0 Å². The second kappa shape index (κ2) is 8.30. The average molecular weight is 454 g/mol. The van der Waals surface area contributed by atoms with Gasteiger partial charge in [-0.1, -0.05) is 0 Å². The molecule has 144 valence electrons. The molecule has 0 unspecified atom stereocenters. The molecular formula is C17H20BrN5O3S. The van der Waals surface area contributed by atoms with Gasteiger partial charge >= 0.3 is 5.97 Å². The Bertz CT molecular complexity index is 849. The Hall–Kier alpha value is -2.07. The van der Waals surface area contributed by atoms with E-state index in [1.807, 2.05) is 14.1 Å². The summed E-state index contributed by atoms with van der Waals surface area (Å²) in [6.07, 6.45) is 4.75. The summed E-state index contributed by atoms with van der Waals surface area (Å²) in [7, 11) is 5.03. The maximum Gasteiger partial charge on any atom is 0.349 e. The molecule has 0 N–H and O–H groups in total. The minimum absolute atomic E-state index is 0.111. The summed E-state index contributed by atoms with van der Waals surface area (Å²) in [5, 5.41) is 0.917. The van der Waals surface area contributed by atoms with Crippen molar-refractivity contribution >= 4 is 45.1 Å². The molecule has 0 atom stereocenters. The van der Waals surface area contributed by atoms with E-state index >= 15 is 0 Å². The number of anilines is 1. The van der Waals surface area contributed by atoms with Crippen molar-refractivity contribution in [1.82, 2.24) is 19.9 Å². The van der Waals surface area contributed by atoms with Crippen molar-refractivity contribution in [2.75, 3.05) is 39.2 Å². The van der Waals surface area contributed by atoms with Crippen molar-refractivity contribution in [1.29, 1.82) is 0 Å². The van der Waals surface area contributed by atoms with Gasteiger partial charge in [-0.3, -0.25) is 4.79 Å². The number of piperidine rings is 1. The van der Waals surface area contributed by atoms with Crippen LogP contribution in [0.4, 0.5) is 5.95 Å². The molecule has 2 aromatic rings. The monoisotopic (exact) mass is 453 g/mol. The van der Waals surface area contributed by atoms with E-state index in [-0.39, 0.29) is 17.8 Å². The number of esters is 1. The molecule has 1 saturated heterocycles. The molecule has 10 heteroatoms. The van der Waals surface area contributed by atoms with Crippen LogP contribution in [-0.2, 0) is 4.74 Å². The Morgan fingerprint density at radius 2 is 1.96 bits per heavy atom. The van der Waals surface area contributed by atoms with Gasteiger partial charge in [-0.25, -0.2) is 19.7 Å². The van der Waals surface area contributed by atoms with Crippen molar-refractivity contribution in [3.8, 4) is 0 Å². The zero-order valence-electron chi connectivity index (χ0n) is 15.3. The fourth-order valence-electron chi connectivity index (χ4n) is 2.87. The van der Waals surface area contributed by atoms with Gasteiger partial charge in [0.2, 0.25) is 5.95 Å². The number of methoxy groups -OCH3 is 1. The first kappa shape index (κ1) is 19.7. The van der Waals surface area contributed by atoms with E-state index in [0.717, 1.165) is 17.8 Å². The predicted molar refractivity (Wildman–Crippen MR) is 105 cm³/mol. The minimum Gasteiger partial charge on any atom is -0.465 e. The van der Waals surface area contributed by atoms with Crippen LogP contribution in [0.2, 0.25) is 0 Å². The van der Waals surface area contributed by atoms with Gasteiger partial charge in [-0.2, -0.15) is 0 Å². The van der Waals surface area contributed by atoms with Crippen LogP contribution < -0.4 is 4.90 Å². The van der Waals surface area contributed by atoms with E-state index in [2.05, 4.69) is 30.9 Å². The van der Waals surface area contributed by atoms with Crippen LogP contribution in [0, 0.1) is 0 Å². The number of carbonyl (C=O) groups is 2. The van der Waals surface area contributed by atoms with Gasteiger partial charge in [-0.05, 0) is 28.8 Å². The lowest BCUT2D eigenvalue weighted by Crippen LogP contribution is -2.38. The van der Waals surface area contributed by atoms with E-state index in [0.29, 0.717) is 34.1 Å². The van der Waals surface area contributed by atoms with Gasteiger partial charge < -0.3 is 14.5 Å². The van der Waals surface area contributed by atoms with E-state index in [1.54, 1.807) is 22.2 Å². The molecule has 0 radical (unpaired) electrons. The molecule has 27 heavy (non-hydrogen) atoms. The number of carbonyl (C=O) groups excluding carboxylic acids is 2. The smallest absolute Gasteiger partial charge is 0.349 e. The lowest BCUT2D eigenvalue weighted by molar-refractivity contribution is 0.0605. The third-order valence-electron chi connectivity index (χ3n) is 4.38. The molecule has 3 heterocycles. The van der Waals surface area contributed by atoms with Crippen LogP contribution in [-0.4, -0.2) is 66.0 Å². The van der Waals surface area contributed by atoms with Crippen molar-refractivity contribution in [2.45, 2.75) is 18.8 Å². The molecule has 0 aliphatic carbocycles. The highest BCUT2D eigenvalue weighted by atomic mass is 79.9. The van der Waals surface area contributed by atoms with E-state index < -0.39 is 0 Å². The summed E-state index contributed by atoms with van der Waals surface area (Å²) in [6.45, 7) is 1.23. The highest BCUT2D eigenvalue weighted by Crippen LogP contribution is 2.32. The van der Waals surface area contributed by atoms with Crippen LogP contribution >= 0.6 is 27.3 Å². The first-order valence-electron chi connectivity index (χ1n) is 8.44. The predicted octanol–water partition coefficient (Wildman–Crippen LogP) is 2.57. The van der Waals surface area contributed by atoms with E-state index in [4.69, 9.17) is 4.74 Å². The molecule has 0 spiro atoms. The molecule has 2 aromatic heterocycles. The fraction of sp³-hybridized carbons (Fsp3) is 0.471. The van der Waals surface area contributed by atoms with Gasteiger partial charge in [0.25, 0.3) is 5.91 Å². The van der Waals surface area contributed by atoms with Gasteiger partial charge in [0, 0.05) is 39.3 Å². The molecule has 1 amide bonds. The number of likely N-dealkylation sites (tertiary alicyclic amines) is 1. The number of thiazole rings is 1. The maximum atomic E-state index is 12.9. The summed E-state index contributed by atoms with van der Waals surface area (Å²) >= 11 is 4.74. The number of hydrogen-bond donors (Lipinski definition) is 0. The zero-order chi connectivity index (χ0) is 19.6. The van der Waals surface area contributed by atoms with Gasteiger partial charge in [0.05, 0.1) is 22.8 Å². The highest BCUT2D eigenvalue weighted by Gasteiger charge is 2.28. The lowest BCUT2D eigenvalue weighted by atomic mass is 9.97. The van der Waals surface area contributed by atoms with Gasteiger partial charge in [-0.15, -0.1) is 11.3 Å². The fourth-order valence-corrected chi connectivity index (χ4v) is 4.24. The molecule has 0 aromatic carbocycles. The van der Waals surface area contributed by atoms with Crippen LogP contribution in [0.3, 0.4) is 0 Å². The Kier molecular flexibility index (Phi) is 6.05. The zero-order valence-corrected chi connectivity index (χ0v) is 17.7. The molecular weight excluding hydrogens is 434 g/mol. The van der Waals surface area contributed by atoms with Crippen molar-refractivity contribution in [2.24, 2.45) is 0 Å². The summed E-state index contributed by atoms with van der Waals surface area (Å²) in [4.78, 5) is 41.5. The standard InChI is InChI=1S/C17H20BrN5O3S/c1-22(2)17-20-8-11(18)13(21-17)15(24)23-6-4-10(5-7-23)14-19-9-12(27-14)16(25)26-3/h8-10H,4-7H2,1-3H3. The Labute approximate surface area is 169 Å². The molecule has 8 nitrogen and oxygen atoms in total. The molecule has 1 aliphatic heterocycles. The number of nitrogens with zero attached hydrogens (tertiary/aromatic N) is 5. The second-order valence-electron chi connectivity index (χ2n) is 6.38. The van der Waals surface area contributed by atoms with Gasteiger partial charge in [0.1, 0.15) is 10.6 Å². The number of hydrogen-bond acceptors (Lipinski definition) is 8. The molecule has 3 rings (SSSR count). The SMILES string of the molecule is COC(=O)c1cnc(C2CCN(C(=O)c3nc(N(C)C)ncc3Br)CC2)s1. The number of ether oxygens (including phenoxy) is 1. The quantitative estimate of drug-likeness (QED) is 0.657. The number of amides is 1. The summed E-state index contributed by atoms with van der Waals surface area (Å²) in [5.41, 5.74) is 0.370. The summed E-state index contributed by atoms with van der Waals surface area (Å²) in [6, 6.07) is 0. The largest absolute Gasteiger partial charge is 0.465 e. The number of rotatable bonds is 4. The van der Waals surface area contributed by atoms with Crippen LogP contribution in [0.1, 0.15) is 43.9 Å². The molecule has 0 bridgehead atoms. The number of halogens is 1. The summed E-state index contributed by atoms with van der Waals surface area (Å²) in [5.74, 6) is 0.259. The third-order valence-corrected chi connectivity index (χ3v) is 6.10. The average Bonchev–Trinajstić information content (AvgIpc) is 3.17. The van der Waals surface area contributed by atoms with Crippen molar-refractivity contribution in [3.05, 3.63) is 32.4 Å². The van der Waals surface area contributed by atoms with Crippen LogP contribution in [0.5, 0.6) is 0 Å². The maximum absolute atomic E-state index is 12.9. The van der Waals surface area contributed by atoms with Crippen molar-refractivity contribution < 1.29 is 14.3 Å². The molecule has 0 saturated carbocycles. The molecule has 1 aliphatic rings. The topological polar surface area (TPSA) is 88.5 Å². The highest BCUT2D eigenvalue weighted by molar-refractivity contribution is 9.10. The third kappa shape index (κ3) is 4.27. The Balaban J connectivity index is 1.67. The number of aromatic nitrogens is 3. The molecule has 1 fully saturated rings. The normalized spacial score (nSPS) is 14.9. The Morgan fingerprint density at radius 1 is 1.26 bits per heavy atom. The second-order valence-corrected chi connectivity index (χ2v) is 8.30. The Morgan fingerprint density at radius 3 is 2.59 bits per heavy atom. The summed E-state index contributed by atoms with van der Waals surface area (Å²) < 4.78 is 5.32. The first-order chi connectivity index (χ1) is 12.9. The van der Waals surface area contributed by atoms with Crippen LogP contribution in [0.15, 0.2) is 16.9 Å². The van der Waals surface area contributed by atoms with Gasteiger partial charge in [0.15, 0.2) is 0 Å². The van der Waals surface area contributed by atoms with Crippen molar-refractivity contribution in [3.63, 3.8) is 0 Å². The first-order valence-corrected chi connectivity index (χ1v) is 10.0.